The first kappa shape index (κ1) is 18.7. The van der Waals surface area contributed by atoms with E-state index in [2.05, 4.69) is 10.5 Å². The molecule has 0 unspecified atom stereocenters. The Balaban J connectivity index is 1.63. The summed E-state index contributed by atoms with van der Waals surface area (Å²) in [5, 5.41) is 6.84. The second kappa shape index (κ2) is 7.43. The van der Waals surface area contributed by atoms with Crippen LogP contribution in [0.25, 0.3) is 16.9 Å². The smallest absolute Gasteiger partial charge is 0.229 e. The molecule has 0 saturated carbocycles. The third-order valence-electron chi connectivity index (χ3n) is 4.90. The van der Waals surface area contributed by atoms with Gasteiger partial charge in [-0.25, -0.2) is 4.98 Å². The second-order valence-electron chi connectivity index (χ2n) is 7.04. The number of nitrogens with zero attached hydrogens (tertiary/aromatic N) is 3. The van der Waals surface area contributed by atoms with Gasteiger partial charge in [0.25, 0.3) is 0 Å². The molecule has 1 amide bonds. The molecular formula is C22H22N4O3. The summed E-state index contributed by atoms with van der Waals surface area (Å²) >= 11 is 0. The molecule has 4 rings (SSSR count). The number of imidazole rings is 1. The van der Waals surface area contributed by atoms with Gasteiger partial charge < -0.3 is 19.0 Å². The number of hydrogen-bond acceptors (Lipinski definition) is 5. The van der Waals surface area contributed by atoms with E-state index in [-0.39, 0.29) is 12.3 Å². The monoisotopic (exact) mass is 390 g/mol. The molecule has 7 nitrogen and oxygen atoms in total. The number of fused-ring (bicyclic) bond motifs is 1. The molecular weight excluding hydrogens is 368 g/mol. The Morgan fingerprint density at radius 3 is 2.76 bits per heavy atom. The van der Waals surface area contributed by atoms with Crippen molar-refractivity contribution in [1.82, 2.24) is 14.5 Å². The Bertz CT molecular complexity index is 1190. The van der Waals surface area contributed by atoms with Crippen molar-refractivity contribution < 1.29 is 14.1 Å². The van der Waals surface area contributed by atoms with Crippen molar-refractivity contribution in [3.63, 3.8) is 0 Å². The van der Waals surface area contributed by atoms with Gasteiger partial charge in [-0.1, -0.05) is 5.16 Å². The average molecular weight is 390 g/mol. The van der Waals surface area contributed by atoms with Gasteiger partial charge in [0.05, 0.1) is 30.6 Å². The highest BCUT2D eigenvalue weighted by molar-refractivity contribution is 5.94. The van der Waals surface area contributed by atoms with Crippen LogP contribution in [-0.4, -0.2) is 27.6 Å². The summed E-state index contributed by atoms with van der Waals surface area (Å²) in [6.45, 7) is 5.66. The third kappa shape index (κ3) is 3.71. The zero-order valence-electron chi connectivity index (χ0n) is 16.8. The maximum atomic E-state index is 12.6. The van der Waals surface area contributed by atoms with E-state index in [1.165, 1.54) is 0 Å². The minimum atomic E-state index is -0.166. The number of amides is 1. The van der Waals surface area contributed by atoms with Crippen LogP contribution in [0.1, 0.15) is 22.6 Å². The lowest BCUT2D eigenvalue weighted by atomic mass is 10.1. The fourth-order valence-corrected chi connectivity index (χ4v) is 3.30. The Kier molecular flexibility index (Phi) is 4.80. The fourth-order valence-electron chi connectivity index (χ4n) is 3.30. The standard InChI is InChI=1S/C22H22N4O3/c1-13-7-8-26-12-19(23-21(26)9-13)16-5-6-20(28-4)18(10-16)24-22(27)11-17-14(2)25-29-15(17)3/h5-10,12H,11H2,1-4H3,(H,24,27). The van der Waals surface area contributed by atoms with Crippen LogP contribution in [0.3, 0.4) is 0 Å². The molecule has 0 radical (unpaired) electrons. The number of aryl methyl sites for hydroxylation is 3. The van der Waals surface area contributed by atoms with E-state index in [0.717, 1.165) is 33.7 Å². The van der Waals surface area contributed by atoms with Crippen molar-refractivity contribution >= 4 is 17.2 Å². The van der Waals surface area contributed by atoms with Crippen molar-refractivity contribution in [2.75, 3.05) is 12.4 Å². The molecule has 4 aromatic rings. The molecule has 0 saturated heterocycles. The lowest BCUT2D eigenvalue weighted by Gasteiger charge is -2.11. The van der Waals surface area contributed by atoms with Gasteiger partial charge in [-0.05, 0) is 56.7 Å². The summed E-state index contributed by atoms with van der Waals surface area (Å²) in [5.41, 5.74) is 5.84. The lowest BCUT2D eigenvalue weighted by molar-refractivity contribution is -0.115. The van der Waals surface area contributed by atoms with E-state index in [4.69, 9.17) is 14.2 Å². The van der Waals surface area contributed by atoms with Crippen LogP contribution >= 0.6 is 0 Å². The zero-order valence-corrected chi connectivity index (χ0v) is 16.8. The van der Waals surface area contributed by atoms with Gasteiger partial charge in [0.15, 0.2) is 0 Å². The molecule has 1 N–H and O–H groups in total. The number of ether oxygens (including phenoxy) is 1. The van der Waals surface area contributed by atoms with Crippen molar-refractivity contribution in [2.45, 2.75) is 27.2 Å². The predicted octanol–water partition coefficient (Wildman–Crippen LogP) is 4.10. The van der Waals surface area contributed by atoms with E-state index < -0.39 is 0 Å². The molecule has 7 heteroatoms. The molecule has 0 aliphatic rings. The number of anilines is 1. The molecule has 0 fully saturated rings. The van der Waals surface area contributed by atoms with E-state index in [0.29, 0.717) is 17.2 Å². The van der Waals surface area contributed by atoms with Crippen LogP contribution in [0, 0.1) is 20.8 Å². The Hall–Kier alpha value is -3.61. The zero-order chi connectivity index (χ0) is 20.5. The van der Waals surface area contributed by atoms with Gasteiger partial charge in [-0.3, -0.25) is 4.79 Å². The molecule has 0 atom stereocenters. The van der Waals surface area contributed by atoms with Gasteiger partial charge in [0, 0.05) is 23.5 Å². The number of carbonyl (C=O) groups is 1. The normalized spacial score (nSPS) is 11.0. The number of nitrogens with one attached hydrogen (secondary N) is 1. The molecule has 3 heterocycles. The Morgan fingerprint density at radius 2 is 2.03 bits per heavy atom. The highest BCUT2D eigenvalue weighted by Crippen LogP contribution is 2.31. The number of hydrogen-bond donors (Lipinski definition) is 1. The average Bonchev–Trinajstić information content (AvgIpc) is 3.25. The maximum Gasteiger partial charge on any atom is 0.229 e. The van der Waals surface area contributed by atoms with E-state index in [1.54, 1.807) is 14.0 Å². The van der Waals surface area contributed by atoms with Gasteiger partial charge >= 0.3 is 0 Å². The van der Waals surface area contributed by atoms with Crippen molar-refractivity contribution in [3.8, 4) is 17.0 Å². The summed E-state index contributed by atoms with van der Waals surface area (Å²) in [5.74, 6) is 1.07. The van der Waals surface area contributed by atoms with Crippen molar-refractivity contribution in [1.29, 1.82) is 0 Å². The SMILES string of the molecule is COc1ccc(-c2cn3ccc(C)cc3n2)cc1NC(=O)Cc1c(C)noc1C. The minimum Gasteiger partial charge on any atom is -0.495 e. The first-order valence-electron chi connectivity index (χ1n) is 9.30. The number of benzene rings is 1. The summed E-state index contributed by atoms with van der Waals surface area (Å²) in [7, 11) is 1.58. The van der Waals surface area contributed by atoms with Crippen LogP contribution in [0.15, 0.2) is 47.2 Å². The molecule has 148 valence electrons. The molecule has 29 heavy (non-hydrogen) atoms. The maximum absolute atomic E-state index is 12.6. The van der Waals surface area contributed by atoms with Crippen LogP contribution < -0.4 is 10.1 Å². The van der Waals surface area contributed by atoms with Gasteiger partial charge in [0.2, 0.25) is 5.91 Å². The number of rotatable bonds is 5. The second-order valence-corrected chi connectivity index (χ2v) is 7.04. The molecule has 0 aliphatic heterocycles. The molecule has 1 aromatic carbocycles. The summed E-state index contributed by atoms with van der Waals surface area (Å²) in [6, 6.07) is 9.69. The summed E-state index contributed by atoms with van der Waals surface area (Å²) in [4.78, 5) is 17.3. The lowest BCUT2D eigenvalue weighted by Crippen LogP contribution is -2.15. The molecule has 3 aromatic heterocycles. The molecule has 0 aliphatic carbocycles. The van der Waals surface area contributed by atoms with Crippen molar-refractivity contribution in [2.24, 2.45) is 0 Å². The van der Waals surface area contributed by atoms with Crippen molar-refractivity contribution in [3.05, 3.63) is 65.3 Å². The van der Waals surface area contributed by atoms with Gasteiger partial charge in [0.1, 0.15) is 17.2 Å². The number of aromatic nitrogens is 3. The van der Waals surface area contributed by atoms with E-state index in [1.807, 2.05) is 61.0 Å². The first-order valence-corrected chi connectivity index (χ1v) is 9.30. The number of methoxy groups -OCH3 is 1. The largest absolute Gasteiger partial charge is 0.495 e. The Labute approximate surface area is 168 Å². The molecule has 0 spiro atoms. The van der Waals surface area contributed by atoms with Crippen LogP contribution in [-0.2, 0) is 11.2 Å². The van der Waals surface area contributed by atoms with Gasteiger partial charge in [-0.2, -0.15) is 0 Å². The quantitative estimate of drug-likeness (QED) is 0.555. The van der Waals surface area contributed by atoms with E-state index >= 15 is 0 Å². The van der Waals surface area contributed by atoms with Crippen LogP contribution in [0.4, 0.5) is 5.69 Å². The third-order valence-corrected chi connectivity index (χ3v) is 4.90. The highest BCUT2D eigenvalue weighted by Gasteiger charge is 2.16. The fraction of sp³-hybridized carbons (Fsp3) is 0.227. The highest BCUT2D eigenvalue weighted by atomic mass is 16.5. The topological polar surface area (TPSA) is 81.7 Å². The van der Waals surface area contributed by atoms with Crippen LogP contribution in [0.2, 0.25) is 0 Å². The summed E-state index contributed by atoms with van der Waals surface area (Å²) in [6.07, 6.45) is 4.13. The number of pyridine rings is 1. The molecule has 0 bridgehead atoms. The number of carbonyl (C=O) groups excluding carboxylic acids is 1. The van der Waals surface area contributed by atoms with Gasteiger partial charge in [-0.15, -0.1) is 0 Å². The summed E-state index contributed by atoms with van der Waals surface area (Å²) < 4.78 is 12.5. The predicted molar refractivity (Wildman–Crippen MR) is 110 cm³/mol. The Morgan fingerprint density at radius 1 is 1.21 bits per heavy atom. The van der Waals surface area contributed by atoms with Crippen LogP contribution in [0.5, 0.6) is 5.75 Å². The van der Waals surface area contributed by atoms with E-state index in [9.17, 15) is 4.79 Å². The first-order chi connectivity index (χ1) is 13.9. The minimum absolute atomic E-state index is 0.166.